The highest BCUT2D eigenvalue weighted by atomic mass is 32.2. The molecule has 2 aromatic carbocycles. The Morgan fingerprint density at radius 1 is 1.30 bits per heavy atom. The van der Waals surface area contributed by atoms with Gasteiger partial charge in [-0.05, 0) is 37.6 Å². The van der Waals surface area contributed by atoms with Crippen LogP contribution in [-0.4, -0.2) is 51.3 Å². The van der Waals surface area contributed by atoms with E-state index in [2.05, 4.69) is 10.6 Å². The number of benzene rings is 2. The minimum Gasteiger partial charge on any atom is -0.497 e. The third kappa shape index (κ3) is 4.39. The van der Waals surface area contributed by atoms with Gasteiger partial charge in [0, 0.05) is 24.9 Å². The van der Waals surface area contributed by atoms with Crippen LogP contribution in [0.25, 0.3) is 0 Å². The van der Waals surface area contributed by atoms with Crippen molar-refractivity contribution in [2.24, 2.45) is 0 Å². The quantitative estimate of drug-likeness (QED) is 0.720. The van der Waals surface area contributed by atoms with E-state index in [-0.39, 0.29) is 23.1 Å². The maximum Gasteiger partial charge on any atom is 0.265 e. The van der Waals surface area contributed by atoms with Crippen LogP contribution < -0.4 is 20.1 Å². The van der Waals surface area contributed by atoms with E-state index in [9.17, 15) is 18.0 Å². The number of hydrogen-bond acceptors (Lipinski definition) is 6. The molecule has 1 aliphatic heterocycles. The number of sulfonamides is 1. The Morgan fingerprint density at radius 3 is 2.73 bits per heavy atom. The van der Waals surface area contributed by atoms with Crippen LogP contribution in [0, 0.1) is 6.92 Å². The molecule has 1 heterocycles. The minimum atomic E-state index is -3.98. The Bertz CT molecular complexity index is 1100. The van der Waals surface area contributed by atoms with Crippen molar-refractivity contribution in [3.63, 3.8) is 0 Å². The van der Waals surface area contributed by atoms with Crippen LogP contribution in [0.15, 0.2) is 41.3 Å². The molecular weight excluding hydrogens is 410 g/mol. The van der Waals surface area contributed by atoms with Crippen LogP contribution >= 0.6 is 0 Å². The van der Waals surface area contributed by atoms with Crippen LogP contribution in [0.3, 0.4) is 0 Å². The van der Waals surface area contributed by atoms with E-state index in [1.54, 1.807) is 38.1 Å². The number of aryl methyl sites for hydroxylation is 1. The van der Waals surface area contributed by atoms with Gasteiger partial charge in [-0.3, -0.25) is 9.59 Å². The SMILES string of the molecule is COc1cccc(NC(=O)CN(C)S(=O)(=O)c2cc3c(cc2C)NC(=O)C(C)O3)c1. The van der Waals surface area contributed by atoms with Gasteiger partial charge in [-0.15, -0.1) is 0 Å². The summed E-state index contributed by atoms with van der Waals surface area (Å²) in [6, 6.07) is 9.66. The van der Waals surface area contributed by atoms with Crippen LogP contribution in [0.2, 0.25) is 0 Å². The molecular formula is C20H23N3O6S. The van der Waals surface area contributed by atoms with Crippen LogP contribution in [0.4, 0.5) is 11.4 Å². The fraction of sp³-hybridized carbons (Fsp3) is 0.300. The summed E-state index contributed by atoms with van der Waals surface area (Å²) in [6.07, 6.45) is -0.734. The first-order valence-electron chi connectivity index (χ1n) is 9.14. The van der Waals surface area contributed by atoms with Crippen LogP contribution in [-0.2, 0) is 19.6 Å². The molecule has 0 aromatic heterocycles. The largest absolute Gasteiger partial charge is 0.497 e. The maximum atomic E-state index is 13.1. The molecule has 1 atom stereocenters. The number of nitrogens with zero attached hydrogens (tertiary/aromatic N) is 1. The average Bonchev–Trinajstić information content (AvgIpc) is 2.68. The number of methoxy groups -OCH3 is 1. The van der Waals surface area contributed by atoms with Gasteiger partial charge in [0.15, 0.2) is 6.10 Å². The lowest BCUT2D eigenvalue weighted by Gasteiger charge is -2.25. The molecule has 3 rings (SSSR count). The fourth-order valence-corrected chi connectivity index (χ4v) is 4.32. The van der Waals surface area contributed by atoms with Crippen molar-refractivity contribution in [3.05, 3.63) is 42.0 Å². The Hall–Kier alpha value is -3.11. The molecule has 1 aliphatic rings. The van der Waals surface area contributed by atoms with Gasteiger partial charge in [-0.25, -0.2) is 8.42 Å². The van der Waals surface area contributed by atoms with Crippen molar-refractivity contribution < 1.29 is 27.5 Å². The highest BCUT2D eigenvalue weighted by Gasteiger charge is 2.30. The lowest BCUT2D eigenvalue weighted by Crippen LogP contribution is -2.36. The van der Waals surface area contributed by atoms with E-state index in [1.165, 1.54) is 26.3 Å². The van der Waals surface area contributed by atoms with Crippen molar-refractivity contribution in [2.75, 3.05) is 31.3 Å². The van der Waals surface area contributed by atoms with Crippen molar-refractivity contribution in [3.8, 4) is 11.5 Å². The number of rotatable bonds is 6. The number of amides is 2. The topological polar surface area (TPSA) is 114 Å². The zero-order valence-corrected chi connectivity index (χ0v) is 17.9. The molecule has 0 saturated heterocycles. The van der Waals surface area contributed by atoms with Gasteiger partial charge >= 0.3 is 0 Å². The molecule has 2 amide bonds. The first-order valence-corrected chi connectivity index (χ1v) is 10.6. The van der Waals surface area contributed by atoms with E-state index < -0.39 is 22.0 Å². The Morgan fingerprint density at radius 2 is 2.03 bits per heavy atom. The predicted octanol–water partition coefficient (Wildman–Crippen LogP) is 1.98. The standard InChI is InChI=1S/C20H23N3O6S/c1-12-8-16-17(29-13(2)20(25)22-16)10-18(12)30(26,27)23(3)11-19(24)21-14-6-5-7-15(9-14)28-4/h5-10,13H,11H2,1-4H3,(H,21,24)(H,22,25). The first kappa shape index (κ1) is 21.6. The first-order chi connectivity index (χ1) is 14.1. The lowest BCUT2D eigenvalue weighted by atomic mass is 10.1. The molecule has 9 nitrogen and oxygen atoms in total. The molecule has 2 N–H and O–H groups in total. The molecule has 0 fully saturated rings. The zero-order valence-electron chi connectivity index (χ0n) is 17.1. The second kappa shape index (κ2) is 8.33. The highest BCUT2D eigenvalue weighted by molar-refractivity contribution is 7.89. The van der Waals surface area contributed by atoms with Gasteiger partial charge in [0.1, 0.15) is 11.5 Å². The Balaban J connectivity index is 1.78. The van der Waals surface area contributed by atoms with E-state index in [1.807, 2.05) is 0 Å². The number of fused-ring (bicyclic) bond motifs is 1. The van der Waals surface area contributed by atoms with Crippen molar-refractivity contribution in [2.45, 2.75) is 24.8 Å². The fourth-order valence-electron chi connectivity index (χ4n) is 2.98. The molecule has 2 aromatic rings. The molecule has 30 heavy (non-hydrogen) atoms. The molecule has 160 valence electrons. The maximum absolute atomic E-state index is 13.1. The van der Waals surface area contributed by atoms with Crippen LogP contribution in [0.5, 0.6) is 11.5 Å². The summed E-state index contributed by atoms with van der Waals surface area (Å²) in [5.74, 6) is 0.0335. The van der Waals surface area contributed by atoms with E-state index >= 15 is 0 Å². The third-order valence-electron chi connectivity index (χ3n) is 4.62. The normalized spacial score (nSPS) is 15.8. The van der Waals surface area contributed by atoms with Gasteiger partial charge in [0.25, 0.3) is 5.91 Å². The highest BCUT2D eigenvalue weighted by Crippen LogP contribution is 2.35. The smallest absolute Gasteiger partial charge is 0.265 e. The number of likely N-dealkylation sites (N-methyl/N-ethyl adjacent to an activating group) is 1. The molecule has 0 bridgehead atoms. The summed E-state index contributed by atoms with van der Waals surface area (Å²) in [6.45, 7) is 2.80. The molecule has 1 unspecified atom stereocenters. The zero-order chi connectivity index (χ0) is 22.1. The van der Waals surface area contributed by atoms with Crippen molar-refractivity contribution >= 4 is 33.2 Å². The number of carbonyl (C=O) groups is 2. The number of carbonyl (C=O) groups excluding carboxylic acids is 2. The Labute approximate surface area is 175 Å². The average molecular weight is 433 g/mol. The molecule has 0 aliphatic carbocycles. The molecule has 10 heteroatoms. The van der Waals surface area contributed by atoms with Gasteiger partial charge in [0.05, 0.1) is 24.2 Å². The number of hydrogen-bond donors (Lipinski definition) is 2. The second-order valence-electron chi connectivity index (χ2n) is 6.90. The van der Waals surface area contributed by atoms with E-state index in [0.717, 1.165) is 4.31 Å². The predicted molar refractivity (Wildman–Crippen MR) is 111 cm³/mol. The van der Waals surface area contributed by atoms with Crippen molar-refractivity contribution in [1.29, 1.82) is 0 Å². The summed E-state index contributed by atoms with van der Waals surface area (Å²) in [7, 11) is -1.14. The molecule has 0 spiro atoms. The van der Waals surface area contributed by atoms with Gasteiger partial charge in [-0.1, -0.05) is 6.07 Å². The summed E-state index contributed by atoms with van der Waals surface area (Å²) in [4.78, 5) is 24.1. The van der Waals surface area contributed by atoms with Gasteiger partial charge in [0.2, 0.25) is 15.9 Å². The summed E-state index contributed by atoms with van der Waals surface area (Å²) in [5, 5.41) is 5.33. The van der Waals surface area contributed by atoms with Crippen molar-refractivity contribution in [1.82, 2.24) is 4.31 Å². The number of ether oxygens (including phenoxy) is 2. The monoisotopic (exact) mass is 433 g/mol. The molecule has 0 saturated carbocycles. The number of anilines is 2. The Kier molecular flexibility index (Phi) is 5.99. The van der Waals surface area contributed by atoms with Gasteiger partial charge in [-0.2, -0.15) is 4.31 Å². The third-order valence-corrected chi connectivity index (χ3v) is 6.56. The summed E-state index contributed by atoms with van der Waals surface area (Å²) < 4.78 is 37.7. The number of nitrogens with one attached hydrogen (secondary N) is 2. The molecule has 0 radical (unpaired) electrons. The van der Waals surface area contributed by atoms with E-state index in [4.69, 9.17) is 9.47 Å². The second-order valence-corrected chi connectivity index (χ2v) is 8.92. The minimum absolute atomic E-state index is 0.00118. The van der Waals surface area contributed by atoms with E-state index in [0.29, 0.717) is 22.7 Å². The summed E-state index contributed by atoms with van der Waals surface area (Å²) >= 11 is 0. The van der Waals surface area contributed by atoms with Gasteiger partial charge < -0.3 is 20.1 Å². The van der Waals surface area contributed by atoms with Crippen LogP contribution in [0.1, 0.15) is 12.5 Å². The lowest BCUT2D eigenvalue weighted by molar-refractivity contribution is -0.122. The summed E-state index contributed by atoms with van der Waals surface area (Å²) in [5.41, 5.74) is 1.33.